The Hall–Kier alpha value is -1.16. The minimum atomic E-state index is -0.893. The lowest BCUT2D eigenvalue weighted by atomic mass is 9.77. The Morgan fingerprint density at radius 1 is 1.40 bits per heavy atom. The highest BCUT2D eigenvalue weighted by Crippen LogP contribution is 2.32. The quantitative estimate of drug-likeness (QED) is 0.760. The molecule has 1 N–H and O–H groups in total. The van der Waals surface area contributed by atoms with E-state index >= 15 is 0 Å². The monoisotopic (exact) mass is 282 g/mol. The molecule has 0 unspecified atom stereocenters. The lowest BCUT2D eigenvalue weighted by Crippen LogP contribution is -2.34. The molecule has 20 heavy (non-hydrogen) atoms. The zero-order valence-electron chi connectivity index (χ0n) is 12.9. The van der Waals surface area contributed by atoms with Gasteiger partial charge in [0.2, 0.25) is 0 Å². The maximum atomic E-state index is 11.9. The molecule has 0 aromatic carbocycles. The number of hydrogen-bond acceptors (Lipinski definition) is 4. The summed E-state index contributed by atoms with van der Waals surface area (Å²) in [6.07, 6.45) is 3.60. The van der Waals surface area contributed by atoms with Gasteiger partial charge in [-0.1, -0.05) is 26.8 Å². The summed E-state index contributed by atoms with van der Waals surface area (Å²) in [6.45, 7) is 5.87. The van der Waals surface area contributed by atoms with Gasteiger partial charge in [-0.25, -0.2) is 4.79 Å². The van der Waals surface area contributed by atoms with Crippen molar-refractivity contribution in [3.05, 3.63) is 11.6 Å². The first-order valence-corrected chi connectivity index (χ1v) is 7.34. The van der Waals surface area contributed by atoms with Crippen LogP contribution in [0, 0.1) is 17.8 Å². The number of hydrogen-bond donors (Lipinski definition) is 1. The van der Waals surface area contributed by atoms with E-state index in [4.69, 9.17) is 4.74 Å². The van der Waals surface area contributed by atoms with Crippen LogP contribution in [0.5, 0.6) is 0 Å². The van der Waals surface area contributed by atoms with E-state index in [9.17, 15) is 14.7 Å². The van der Waals surface area contributed by atoms with Gasteiger partial charge in [-0.3, -0.25) is 4.79 Å². The van der Waals surface area contributed by atoms with Crippen LogP contribution in [0.4, 0.5) is 0 Å². The van der Waals surface area contributed by atoms with Gasteiger partial charge in [0.1, 0.15) is 6.10 Å². The van der Waals surface area contributed by atoms with E-state index in [1.54, 1.807) is 0 Å². The molecule has 0 fully saturated rings. The van der Waals surface area contributed by atoms with Crippen LogP contribution in [0.1, 0.15) is 46.5 Å². The molecule has 0 aliphatic heterocycles. The molecule has 0 heterocycles. The Morgan fingerprint density at radius 3 is 2.50 bits per heavy atom. The third kappa shape index (κ3) is 4.44. The normalized spacial score (nSPS) is 22.1. The number of rotatable bonds is 6. The fourth-order valence-electron chi connectivity index (χ4n) is 2.72. The van der Waals surface area contributed by atoms with Crippen molar-refractivity contribution in [3.63, 3.8) is 0 Å². The topological polar surface area (TPSA) is 63.6 Å². The molecule has 4 heteroatoms. The minimum absolute atomic E-state index is 0.0725. The first kappa shape index (κ1) is 16.9. The zero-order chi connectivity index (χ0) is 15.3. The number of aliphatic hydroxyl groups is 1. The highest BCUT2D eigenvalue weighted by atomic mass is 16.5. The molecule has 0 spiro atoms. The van der Waals surface area contributed by atoms with Crippen LogP contribution in [-0.4, -0.2) is 30.1 Å². The maximum Gasteiger partial charge on any atom is 0.333 e. The van der Waals surface area contributed by atoms with Crippen molar-refractivity contribution >= 4 is 11.8 Å². The Kier molecular flexibility index (Phi) is 6.40. The average molecular weight is 282 g/mol. The molecule has 1 aliphatic rings. The number of ether oxygens (including phenoxy) is 1. The van der Waals surface area contributed by atoms with Gasteiger partial charge >= 0.3 is 5.97 Å². The van der Waals surface area contributed by atoms with E-state index in [1.165, 1.54) is 7.11 Å². The Balaban J connectivity index is 2.58. The van der Waals surface area contributed by atoms with Crippen LogP contribution >= 0.6 is 0 Å². The number of carbonyl (C=O) groups is 2. The van der Waals surface area contributed by atoms with Gasteiger partial charge in [0.05, 0.1) is 7.11 Å². The molecule has 0 saturated heterocycles. The number of carbonyl (C=O) groups excluding carboxylic acids is 2. The summed E-state index contributed by atoms with van der Waals surface area (Å²) in [5.41, 5.74) is 0.707. The van der Waals surface area contributed by atoms with Crippen LogP contribution in [0.3, 0.4) is 0 Å². The largest absolute Gasteiger partial charge is 0.466 e. The van der Waals surface area contributed by atoms with Crippen LogP contribution < -0.4 is 0 Å². The second-order valence-corrected chi connectivity index (χ2v) is 6.12. The Morgan fingerprint density at radius 2 is 2.05 bits per heavy atom. The molecule has 0 radical (unpaired) electrons. The number of esters is 1. The average Bonchev–Trinajstić information content (AvgIpc) is 2.44. The summed E-state index contributed by atoms with van der Waals surface area (Å²) in [5, 5.41) is 10.1. The Bertz CT molecular complexity index is 384. The fourth-order valence-corrected chi connectivity index (χ4v) is 2.72. The van der Waals surface area contributed by atoms with Crippen LogP contribution in [0.25, 0.3) is 0 Å². The summed E-state index contributed by atoms with van der Waals surface area (Å²) in [7, 11) is 1.38. The van der Waals surface area contributed by atoms with Crippen molar-refractivity contribution in [2.24, 2.45) is 17.8 Å². The van der Waals surface area contributed by atoms with Crippen LogP contribution in [-0.2, 0) is 14.3 Å². The third-order valence-electron chi connectivity index (χ3n) is 4.08. The summed E-state index contributed by atoms with van der Waals surface area (Å²) >= 11 is 0. The second-order valence-electron chi connectivity index (χ2n) is 6.12. The van der Waals surface area contributed by atoms with Gasteiger partial charge in [0.25, 0.3) is 0 Å². The number of ketones is 1. The molecular formula is C16H26O4. The van der Waals surface area contributed by atoms with Gasteiger partial charge in [0, 0.05) is 12.0 Å². The number of methoxy groups -OCH3 is 1. The minimum Gasteiger partial charge on any atom is -0.466 e. The predicted molar refractivity (Wildman–Crippen MR) is 77.1 cm³/mol. The van der Waals surface area contributed by atoms with E-state index in [0.717, 1.165) is 12.8 Å². The van der Waals surface area contributed by atoms with Gasteiger partial charge in [0.15, 0.2) is 5.78 Å². The molecule has 0 amide bonds. The zero-order valence-corrected chi connectivity index (χ0v) is 12.9. The highest BCUT2D eigenvalue weighted by molar-refractivity contribution is 5.88. The molecule has 1 aliphatic carbocycles. The van der Waals surface area contributed by atoms with Gasteiger partial charge in [-0.15, -0.1) is 0 Å². The van der Waals surface area contributed by atoms with Crippen molar-refractivity contribution in [3.8, 4) is 0 Å². The molecular weight excluding hydrogens is 256 g/mol. The second kappa shape index (κ2) is 7.58. The van der Waals surface area contributed by atoms with Crippen molar-refractivity contribution in [1.82, 2.24) is 0 Å². The molecule has 0 aromatic heterocycles. The molecule has 0 bridgehead atoms. The first-order chi connectivity index (χ1) is 9.36. The molecule has 0 saturated carbocycles. The lowest BCUT2D eigenvalue weighted by Gasteiger charge is -2.29. The molecule has 0 aromatic rings. The van der Waals surface area contributed by atoms with E-state index in [2.05, 4.69) is 0 Å². The summed E-state index contributed by atoms with van der Waals surface area (Å²) in [5.74, 6) is 0.0931. The molecule has 1 rings (SSSR count). The van der Waals surface area contributed by atoms with Crippen LogP contribution in [0.2, 0.25) is 0 Å². The smallest absolute Gasteiger partial charge is 0.333 e. The number of allylic oxidation sites excluding steroid dienone is 1. The first-order valence-electron chi connectivity index (χ1n) is 7.34. The van der Waals surface area contributed by atoms with Crippen molar-refractivity contribution in [2.75, 3.05) is 7.11 Å². The van der Waals surface area contributed by atoms with Crippen molar-refractivity contribution < 1.29 is 19.4 Å². The van der Waals surface area contributed by atoms with E-state index in [-0.39, 0.29) is 29.5 Å². The Labute approximate surface area is 121 Å². The van der Waals surface area contributed by atoms with E-state index < -0.39 is 6.10 Å². The van der Waals surface area contributed by atoms with Gasteiger partial charge < -0.3 is 9.84 Å². The lowest BCUT2D eigenvalue weighted by molar-refractivity contribution is -0.136. The SMILES string of the molecule is COC(=O)C1=CC[C@H]([C@H](C)[C@@H](O)C(=O)CC(C)C)CC1. The predicted octanol–water partition coefficient (Wildman–Crippen LogP) is 2.50. The van der Waals surface area contributed by atoms with Gasteiger partial charge in [-0.2, -0.15) is 0 Å². The van der Waals surface area contributed by atoms with Crippen LogP contribution in [0.15, 0.2) is 11.6 Å². The summed E-state index contributed by atoms with van der Waals surface area (Å²) in [6, 6.07) is 0. The molecule has 3 atom stereocenters. The van der Waals surface area contributed by atoms with E-state index in [1.807, 2.05) is 26.8 Å². The van der Waals surface area contributed by atoms with Crippen molar-refractivity contribution in [1.29, 1.82) is 0 Å². The van der Waals surface area contributed by atoms with Crippen molar-refractivity contribution in [2.45, 2.75) is 52.6 Å². The summed E-state index contributed by atoms with van der Waals surface area (Å²) in [4.78, 5) is 23.3. The molecule has 4 nitrogen and oxygen atoms in total. The maximum absolute atomic E-state index is 11.9. The standard InChI is InChI=1S/C16H26O4/c1-10(2)9-14(17)15(18)11(3)12-5-7-13(8-6-12)16(19)20-4/h7,10-12,15,18H,5-6,8-9H2,1-4H3/t11-,12-,15+/m0/s1. The van der Waals surface area contributed by atoms with Gasteiger partial charge in [-0.05, 0) is 37.0 Å². The summed E-state index contributed by atoms with van der Waals surface area (Å²) < 4.78 is 4.70. The highest BCUT2D eigenvalue weighted by Gasteiger charge is 2.31. The molecule has 114 valence electrons. The third-order valence-corrected chi connectivity index (χ3v) is 4.08. The fraction of sp³-hybridized carbons (Fsp3) is 0.750. The van der Waals surface area contributed by atoms with E-state index in [0.29, 0.717) is 18.4 Å². The number of Topliss-reactive ketones (excluding diaryl/α,β-unsaturated/α-hetero) is 1. The number of aliphatic hydroxyl groups excluding tert-OH is 1.